The third-order valence-electron chi connectivity index (χ3n) is 8.08. The van der Waals surface area contributed by atoms with Gasteiger partial charge in [0.15, 0.2) is 0 Å². The predicted molar refractivity (Wildman–Crippen MR) is 178 cm³/mol. The third-order valence-corrected chi connectivity index (χ3v) is 8.08. The lowest BCUT2D eigenvalue weighted by Crippen LogP contribution is -2.29. The van der Waals surface area contributed by atoms with Crippen LogP contribution in [0.1, 0.15) is 19.3 Å². The molecule has 220 valence electrons. The molecule has 6 heteroatoms. The van der Waals surface area contributed by atoms with Crippen molar-refractivity contribution >= 4 is 11.4 Å². The fourth-order valence-electron chi connectivity index (χ4n) is 5.81. The van der Waals surface area contributed by atoms with Crippen molar-refractivity contribution in [1.29, 1.82) is 0 Å². The molecule has 0 saturated carbocycles. The summed E-state index contributed by atoms with van der Waals surface area (Å²) < 4.78 is 12.7. The van der Waals surface area contributed by atoms with Gasteiger partial charge in [0.25, 0.3) is 0 Å². The molecule has 0 atom stereocenters. The first-order valence-electron chi connectivity index (χ1n) is 15.3. The number of para-hydroxylation sites is 1. The number of ether oxygens (including phenoxy) is 2. The number of nitrogens with zero attached hydrogens (tertiary/aromatic N) is 4. The van der Waals surface area contributed by atoms with Crippen molar-refractivity contribution in [3.8, 4) is 45.4 Å². The summed E-state index contributed by atoms with van der Waals surface area (Å²) in [5.74, 6) is 3.23. The highest BCUT2D eigenvalue weighted by Gasteiger charge is 2.15. The minimum atomic E-state index is 0.770. The Hall–Kier alpha value is -5.23. The number of hydrogen-bond acceptors (Lipinski definition) is 6. The van der Waals surface area contributed by atoms with Crippen LogP contribution in [0.25, 0.3) is 22.4 Å². The second kappa shape index (κ2) is 12.6. The highest BCUT2D eigenvalue weighted by molar-refractivity contribution is 5.75. The molecule has 5 aromatic rings. The highest BCUT2D eigenvalue weighted by Crippen LogP contribution is 2.36. The van der Waals surface area contributed by atoms with E-state index in [4.69, 9.17) is 14.5 Å². The van der Waals surface area contributed by atoms with E-state index < -0.39 is 0 Å². The van der Waals surface area contributed by atoms with Gasteiger partial charge in [-0.2, -0.15) is 0 Å². The van der Waals surface area contributed by atoms with Gasteiger partial charge in [0, 0.05) is 67.8 Å². The maximum Gasteiger partial charge on any atom is 0.130 e. The first-order valence-corrected chi connectivity index (χ1v) is 15.3. The Bertz CT molecular complexity index is 1760. The van der Waals surface area contributed by atoms with Crippen molar-refractivity contribution < 1.29 is 9.47 Å². The summed E-state index contributed by atoms with van der Waals surface area (Å²) >= 11 is 0. The van der Waals surface area contributed by atoms with Crippen molar-refractivity contribution in [3.05, 3.63) is 128 Å². The second-order valence-electron chi connectivity index (χ2n) is 11.4. The van der Waals surface area contributed by atoms with Gasteiger partial charge in [0.05, 0.1) is 12.4 Å². The molecule has 0 aliphatic carbocycles. The topological polar surface area (TPSA) is 41.1 Å². The molecule has 7 rings (SSSR count). The summed E-state index contributed by atoms with van der Waals surface area (Å²) in [5, 5.41) is 0. The van der Waals surface area contributed by atoms with Gasteiger partial charge in [-0.05, 0) is 91.1 Å². The molecular formula is C38H36N4O2. The third kappa shape index (κ3) is 6.40. The first-order chi connectivity index (χ1) is 21.7. The molecular weight excluding hydrogens is 544 g/mol. The number of hydrogen-bond donors (Lipinski definition) is 0. The van der Waals surface area contributed by atoms with Crippen molar-refractivity contribution in [2.45, 2.75) is 19.3 Å². The van der Waals surface area contributed by atoms with Crippen molar-refractivity contribution in [2.75, 3.05) is 36.6 Å². The summed E-state index contributed by atoms with van der Waals surface area (Å²) in [6.45, 7) is 2.95. The lowest BCUT2D eigenvalue weighted by Gasteiger charge is -2.29. The number of anilines is 2. The molecule has 2 aliphatic heterocycles. The molecule has 1 saturated heterocycles. The van der Waals surface area contributed by atoms with Crippen LogP contribution in [-0.4, -0.2) is 36.7 Å². The molecule has 0 N–H and O–H groups in total. The van der Waals surface area contributed by atoms with Crippen LogP contribution in [0.3, 0.4) is 0 Å². The van der Waals surface area contributed by atoms with E-state index in [-0.39, 0.29) is 0 Å². The SMILES string of the molecule is CN1C=CN(c2cccc(Oc3cccc(-c4cc(-c5cc(Oc6ccccc6)cc(N6CCCCC6)c5)ccn4)c3)c2)C1. The molecule has 0 bridgehead atoms. The summed E-state index contributed by atoms with van der Waals surface area (Å²) in [5.41, 5.74) is 6.37. The fourth-order valence-corrected chi connectivity index (χ4v) is 5.81. The van der Waals surface area contributed by atoms with Gasteiger partial charge in [-0.3, -0.25) is 4.98 Å². The molecule has 0 unspecified atom stereocenters. The van der Waals surface area contributed by atoms with Crippen LogP contribution >= 0.6 is 0 Å². The van der Waals surface area contributed by atoms with Gasteiger partial charge in [-0.25, -0.2) is 0 Å². The van der Waals surface area contributed by atoms with Gasteiger partial charge >= 0.3 is 0 Å². The Labute approximate surface area is 259 Å². The Morgan fingerprint density at radius 1 is 0.568 bits per heavy atom. The summed E-state index contributed by atoms with van der Waals surface area (Å²) in [7, 11) is 2.06. The molecule has 2 aliphatic rings. The molecule has 1 fully saturated rings. The van der Waals surface area contributed by atoms with E-state index in [1.165, 1.54) is 24.9 Å². The molecule has 0 spiro atoms. The molecule has 44 heavy (non-hydrogen) atoms. The van der Waals surface area contributed by atoms with Crippen molar-refractivity contribution in [2.24, 2.45) is 0 Å². The standard InChI is InChI=1S/C38H36N4O2/c1-40-20-21-42(28-40)32-11-9-15-36(26-32)44-35-14-8-10-30(23-35)38-25-29(16-17-39-38)31-22-33(41-18-6-3-7-19-41)27-37(24-31)43-34-12-4-2-5-13-34/h2,4-5,8-17,20-27H,3,6-7,18-19,28H2,1H3. The Kier molecular flexibility index (Phi) is 7.88. The van der Waals surface area contributed by atoms with E-state index in [9.17, 15) is 0 Å². The average Bonchev–Trinajstić information content (AvgIpc) is 3.52. The van der Waals surface area contributed by atoms with Crippen LogP contribution < -0.4 is 19.3 Å². The zero-order chi connectivity index (χ0) is 29.7. The van der Waals surface area contributed by atoms with Gasteiger partial charge < -0.3 is 24.2 Å². The maximum absolute atomic E-state index is 6.34. The fraction of sp³-hybridized carbons (Fsp3) is 0.184. The lowest BCUT2D eigenvalue weighted by molar-refractivity contribution is 0.481. The van der Waals surface area contributed by atoms with Crippen LogP contribution in [-0.2, 0) is 0 Å². The van der Waals surface area contributed by atoms with Crippen LogP contribution in [0.4, 0.5) is 11.4 Å². The minimum Gasteiger partial charge on any atom is -0.457 e. The normalized spacial score (nSPS) is 14.6. The average molecular weight is 581 g/mol. The summed E-state index contributed by atoms with van der Waals surface area (Å²) in [4.78, 5) is 11.5. The van der Waals surface area contributed by atoms with Crippen molar-refractivity contribution in [3.63, 3.8) is 0 Å². The van der Waals surface area contributed by atoms with Gasteiger partial charge in [-0.1, -0.05) is 36.4 Å². The molecule has 1 aromatic heterocycles. The maximum atomic E-state index is 6.34. The smallest absolute Gasteiger partial charge is 0.130 e. The first kappa shape index (κ1) is 27.6. The lowest BCUT2D eigenvalue weighted by atomic mass is 10.0. The largest absolute Gasteiger partial charge is 0.457 e. The van der Waals surface area contributed by atoms with Crippen LogP contribution in [0, 0.1) is 0 Å². The molecule has 4 aromatic carbocycles. The molecule has 0 radical (unpaired) electrons. The predicted octanol–water partition coefficient (Wildman–Crippen LogP) is 9.17. The zero-order valence-electron chi connectivity index (χ0n) is 25.0. The second-order valence-corrected chi connectivity index (χ2v) is 11.4. The molecule has 0 amide bonds. The Morgan fingerprint density at radius 2 is 1.30 bits per heavy atom. The number of aromatic nitrogens is 1. The van der Waals surface area contributed by atoms with E-state index >= 15 is 0 Å². The number of benzene rings is 4. The number of rotatable bonds is 8. The number of pyridine rings is 1. The monoisotopic (exact) mass is 580 g/mol. The van der Waals surface area contributed by atoms with E-state index in [2.05, 4.69) is 88.7 Å². The summed E-state index contributed by atoms with van der Waals surface area (Å²) in [6.07, 6.45) is 9.75. The van der Waals surface area contributed by atoms with E-state index in [1.807, 2.05) is 60.8 Å². The van der Waals surface area contributed by atoms with Crippen LogP contribution in [0.5, 0.6) is 23.0 Å². The van der Waals surface area contributed by atoms with Gasteiger partial charge in [0.2, 0.25) is 0 Å². The Morgan fingerprint density at radius 3 is 2.11 bits per heavy atom. The number of piperidine rings is 1. The molecule has 3 heterocycles. The molecule has 6 nitrogen and oxygen atoms in total. The van der Waals surface area contributed by atoms with Gasteiger partial charge in [-0.15, -0.1) is 0 Å². The van der Waals surface area contributed by atoms with E-state index in [1.54, 1.807) is 0 Å². The highest BCUT2D eigenvalue weighted by atomic mass is 16.5. The van der Waals surface area contributed by atoms with Crippen LogP contribution in [0.2, 0.25) is 0 Å². The van der Waals surface area contributed by atoms with Crippen LogP contribution in [0.15, 0.2) is 128 Å². The van der Waals surface area contributed by atoms with Gasteiger partial charge in [0.1, 0.15) is 23.0 Å². The van der Waals surface area contributed by atoms with E-state index in [0.29, 0.717) is 0 Å². The minimum absolute atomic E-state index is 0.770. The Balaban J connectivity index is 1.16. The zero-order valence-corrected chi connectivity index (χ0v) is 25.0. The van der Waals surface area contributed by atoms with E-state index in [0.717, 1.165) is 70.8 Å². The quantitative estimate of drug-likeness (QED) is 0.182. The van der Waals surface area contributed by atoms with Crippen molar-refractivity contribution in [1.82, 2.24) is 9.88 Å². The summed E-state index contributed by atoms with van der Waals surface area (Å²) in [6, 6.07) is 37.1.